The standard InChI is InChI=1S/C14H19N5S/c1-9-7-12(19-14-16-8-10(2)20-14)18-13(17-9)11-5-3-4-6-15-11/h7-8,11,15H,3-6H2,1-2H3,(H,16,17,18,19). The maximum atomic E-state index is 4.64. The maximum absolute atomic E-state index is 4.64. The molecule has 1 aliphatic rings. The Labute approximate surface area is 122 Å². The summed E-state index contributed by atoms with van der Waals surface area (Å²) in [5.74, 6) is 1.72. The number of nitrogens with one attached hydrogen (secondary N) is 2. The molecule has 2 aromatic heterocycles. The fourth-order valence-corrected chi connectivity index (χ4v) is 3.08. The van der Waals surface area contributed by atoms with Crippen molar-refractivity contribution < 1.29 is 0 Å². The molecular formula is C14H19N5S. The predicted molar refractivity (Wildman–Crippen MR) is 81.5 cm³/mol. The molecule has 0 spiro atoms. The van der Waals surface area contributed by atoms with Crippen molar-refractivity contribution in [2.24, 2.45) is 0 Å². The Bertz CT molecular complexity index is 589. The average molecular weight is 289 g/mol. The van der Waals surface area contributed by atoms with Crippen LogP contribution in [-0.2, 0) is 0 Å². The fourth-order valence-electron chi connectivity index (χ4n) is 2.41. The second-order valence-corrected chi connectivity index (χ2v) is 6.39. The average Bonchev–Trinajstić information content (AvgIpc) is 2.84. The van der Waals surface area contributed by atoms with Crippen molar-refractivity contribution in [2.75, 3.05) is 11.9 Å². The van der Waals surface area contributed by atoms with E-state index in [0.717, 1.165) is 35.4 Å². The number of thiazole rings is 1. The van der Waals surface area contributed by atoms with E-state index in [1.54, 1.807) is 11.3 Å². The zero-order chi connectivity index (χ0) is 13.9. The Morgan fingerprint density at radius 3 is 2.90 bits per heavy atom. The summed E-state index contributed by atoms with van der Waals surface area (Å²) in [5, 5.41) is 7.64. The topological polar surface area (TPSA) is 62.7 Å². The van der Waals surface area contributed by atoms with Crippen LogP contribution in [0.4, 0.5) is 10.9 Å². The molecule has 0 saturated carbocycles. The first-order valence-electron chi connectivity index (χ1n) is 6.99. The summed E-state index contributed by atoms with van der Waals surface area (Å²) in [5.41, 5.74) is 0.984. The Balaban J connectivity index is 1.82. The molecule has 0 radical (unpaired) electrons. The third-order valence-electron chi connectivity index (χ3n) is 3.35. The highest BCUT2D eigenvalue weighted by molar-refractivity contribution is 7.15. The van der Waals surface area contributed by atoms with Crippen LogP contribution in [0.2, 0.25) is 0 Å². The van der Waals surface area contributed by atoms with E-state index in [1.165, 1.54) is 17.7 Å². The van der Waals surface area contributed by atoms with Crippen LogP contribution in [-0.4, -0.2) is 21.5 Å². The lowest BCUT2D eigenvalue weighted by Crippen LogP contribution is -2.28. The number of aromatic nitrogens is 3. The zero-order valence-electron chi connectivity index (χ0n) is 11.8. The molecular weight excluding hydrogens is 270 g/mol. The number of piperidine rings is 1. The van der Waals surface area contributed by atoms with Crippen LogP contribution in [0.1, 0.15) is 41.7 Å². The van der Waals surface area contributed by atoms with Gasteiger partial charge in [0.05, 0.1) is 6.04 Å². The smallest absolute Gasteiger partial charge is 0.188 e. The summed E-state index contributed by atoms with van der Waals surface area (Å²) >= 11 is 1.63. The molecule has 0 aliphatic carbocycles. The number of nitrogens with zero attached hydrogens (tertiary/aromatic N) is 3. The van der Waals surface area contributed by atoms with Gasteiger partial charge in [-0.1, -0.05) is 6.42 Å². The van der Waals surface area contributed by atoms with Crippen molar-refractivity contribution in [3.05, 3.63) is 28.7 Å². The van der Waals surface area contributed by atoms with Crippen LogP contribution in [0.15, 0.2) is 12.3 Å². The highest BCUT2D eigenvalue weighted by Gasteiger charge is 2.18. The molecule has 106 valence electrons. The van der Waals surface area contributed by atoms with Gasteiger partial charge in [-0.25, -0.2) is 15.0 Å². The largest absolute Gasteiger partial charge is 0.316 e. The third-order valence-corrected chi connectivity index (χ3v) is 4.18. The Kier molecular flexibility index (Phi) is 3.93. The molecule has 5 nitrogen and oxygen atoms in total. The fraction of sp³-hybridized carbons (Fsp3) is 0.500. The summed E-state index contributed by atoms with van der Waals surface area (Å²) in [6.07, 6.45) is 5.46. The van der Waals surface area contributed by atoms with Crippen LogP contribution in [0.25, 0.3) is 0 Å². The molecule has 6 heteroatoms. The first kappa shape index (κ1) is 13.5. The quantitative estimate of drug-likeness (QED) is 0.909. The Morgan fingerprint density at radius 1 is 1.30 bits per heavy atom. The molecule has 0 aromatic carbocycles. The number of hydrogen-bond donors (Lipinski definition) is 2. The van der Waals surface area contributed by atoms with Crippen molar-refractivity contribution in [3.63, 3.8) is 0 Å². The van der Waals surface area contributed by atoms with Crippen LogP contribution in [0, 0.1) is 13.8 Å². The number of hydrogen-bond acceptors (Lipinski definition) is 6. The molecule has 3 heterocycles. The van der Waals surface area contributed by atoms with E-state index in [-0.39, 0.29) is 6.04 Å². The van der Waals surface area contributed by atoms with Crippen LogP contribution in [0.3, 0.4) is 0 Å². The minimum Gasteiger partial charge on any atom is -0.316 e. The molecule has 1 atom stereocenters. The minimum absolute atomic E-state index is 0.280. The second-order valence-electron chi connectivity index (χ2n) is 5.16. The lowest BCUT2D eigenvalue weighted by Gasteiger charge is -2.22. The van der Waals surface area contributed by atoms with Crippen LogP contribution in [0.5, 0.6) is 0 Å². The molecule has 1 unspecified atom stereocenters. The molecule has 1 saturated heterocycles. The van der Waals surface area contributed by atoms with Crippen molar-refractivity contribution in [1.29, 1.82) is 0 Å². The highest BCUT2D eigenvalue weighted by atomic mass is 32.1. The molecule has 0 bridgehead atoms. The van der Waals surface area contributed by atoms with E-state index in [0.29, 0.717) is 0 Å². The molecule has 1 aliphatic heterocycles. The number of rotatable bonds is 3. The van der Waals surface area contributed by atoms with Gasteiger partial charge in [-0.05, 0) is 33.2 Å². The molecule has 2 aromatic rings. The number of anilines is 2. The van der Waals surface area contributed by atoms with E-state index >= 15 is 0 Å². The summed E-state index contributed by atoms with van der Waals surface area (Å²) < 4.78 is 0. The lowest BCUT2D eigenvalue weighted by molar-refractivity contribution is 0.397. The van der Waals surface area contributed by atoms with E-state index in [4.69, 9.17) is 0 Å². The maximum Gasteiger partial charge on any atom is 0.188 e. The normalized spacial score (nSPS) is 19.0. The Hall–Kier alpha value is -1.53. The van der Waals surface area contributed by atoms with Gasteiger partial charge in [0.1, 0.15) is 11.6 Å². The van der Waals surface area contributed by atoms with Gasteiger partial charge in [-0.3, -0.25) is 0 Å². The molecule has 0 amide bonds. The van der Waals surface area contributed by atoms with E-state index in [2.05, 4.69) is 25.6 Å². The van der Waals surface area contributed by atoms with Crippen LogP contribution >= 0.6 is 11.3 Å². The van der Waals surface area contributed by atoms with Gasteiger partial charge in [-0.2, -0.15) is 0 Å². The summed E-state index contributed by atoms with van der Waals surface area (Å²) in [7, 11) is 0. The molecule has 1 fully saturated rings. The lowest BCUT2D eigenvalue weighted by atomic mass is 10.0. The van der Waals surface area contributed by atoms with E-state index < -0.39 is 0 Å². The van der Waals surface area contributed by atoms with Gasteiger partial charge in [0, 0.05) is 22.8 Å². The van der Waals surface area contributed by atoms with Gasteiger partial charge in [0.25, 0.3) is 0 Å². The zero-order valence-corrected chi connectivity index (χ0v) is 12.6. The SMILES string of the molecule is Cc1cc(Nc2ncc(C)s2)nc(C2CCCCN2)n1. The molecule has 3 rings (SSSR count). The number of aryl methyl sites for hydroxylation is 2. The van der Waals surface area contributed by atoms with E-state index in [1.807, 2.05) is 26.1 Å². The van der Waals surface area contributed by atoms with Gasteiger partial charge in [-0.15, -0.1) is 11.3 Å². The first-order valence-corrected chi connectivity index (χ1v) is 7.81. The van der Waals surface area contributed by atoms with Crippen molar-refractivity contribution in [3.8, 4) is 0 Å². The van der Waals surface area contributed by atoms with Gasteiger partial charge in [0.2, 0.25) is 0 Å². The van der Waals surface area contributed by atoms with Crippen molar-refractivity contribution >= 4 is 22.3 Å². The highest BCUT2D eigenvalue weighted by Crippen LogP contribution is 2.24. The first-order chi connectivity index (χ1) is 9.70. The predicted octanol–water partition coefficient (Wildman–Crippen LogP) is 3.11. The van der Waals surface area contributed by atoms with E-state index in [9.17, 15) is 0 Å². The second kappa shape index (κ2) is 5.85. The van der Waals surface area contributed by atoms with Gasteiger partial charge >= 0.3 is 0 Å². The summed E-state index contributed by atoms with van der Waals surface area (Å²) in [6, 6.07) is 2.24. The van der Waals surface area contributed by atoms with Crippen molar-refractivity contribution in [2.45, 2.75) is 39.2 Å². The third kappa shape index (κ3) is 3.13. The summed E-state index contributed by atoms with van der Waals surface area (Å²) in [4.78, 5) is 14.7. The Morgan fingerprint density at radius 2 is 2.20 bits per heavy atom. The van der Waals surface area contributed by atoms with Gasteiger partial charge in [0.15, 0.2) is 5.13 Å². The van der Waals surface area contributed by atoms with Crippen LogP contribution < -0.4 is 10.6 Å². The molecule has 2 N–H and O–H groups in total. The molecule has 20 heavy (non-hydrogen) atoms. The minimum atomic E-state index is 0.280. The monoisotopic (exact) mass is 289 g/mol. The summed E-state index contributed by atoms with van der Waals surface area (Å²) in [6.45, 7) is 5.11. The van der Waals surface area contributed by atoms with Crippen molar-refractivity contribution in [1.82, 2.24) is 20.3 Å². The van der Waals surface area contributed by atoms with Gasteiger partial charge < -0.3 is 10.6 Å².